The van der Waals surface area contributed by atoms with Gasteiger partial charge in [-0.05, 0) is 43.7 Å². The highest BCUT2D eigenvalue weighted by atomic mass is 32.1. The molecule has 0 saturated carbocycles. The van der Waals surface area contributed by atoms with Gasteiger partial charge in [-0.25, -0.2) is 4.68 Å². The summed E-state index contributed by atoms with van der Waals surface area (Å²) in [7, 11) is 0. The first-order valence-electron chi connectivity index (χ1n) is 10.6. The third-order valence-corrected chi connectivity index (χ3v) is 6.80. The van der Waals surface area contributed by atoms with Crippen LogP contribution in [0.4, 0.5) is 0 Å². The second-order valence-electron chi connectivity index (χ2n) is 8.17. The van der Waals surface area contributed by atoms with Crippen molar-refractivity contribution in [1.82, 2.24) is 24.5 Å². The van der Waals surface area contributed by atoms with Crippen LogP contribution in [0, 0.1) is 6.92 Å². The van der Waals surface area contributed by atoms with Crippen molar-refractivity contribution < 1.29 is 5.11 Å². The fourth-order valence-corrected chi connectivity index (χ4v) is 4.69. The molecule has 1 N–H and O–H groups in total. The number of aromatic nitrogens is 4. The zero-order valence-corrected chi connectivity index (χ0v) is 18.4. The lowest BCUT2D eigenvalue weighted by Gasteiger charge is -2.38. The summed E-state index contributed by atoms with van der Waals surface area (Å²) in [6.07, 6.45) is 4.27. The maximum atomic E-state index is 12.3. The molecule has 0 aromatic carbocycles. The molecule has 30 heavy (non-hydrogen) atoms. The fourth-order valence-electron chi connectivity index (χ4n) is 4.00. The highest BCUT2D eigenvalue weighted by Gasteiger charge is 2.33. The van der Waals surface area contributed by atoms with Gasteiger partial charge in [-0.1, -0.05) is 13.0 Å². The Balaban J connectivity index is 1.40. The Hall–Kier alpha value is -2.29. The van der Waals surface area contributed by atoms with Gasteiger partial charge in [0.25, 0.3) is 5.56 Å². The van der Waals surface area contributed by atoms with Crippen molar-refractivity contribution in [2.45, 2.75) is 58.3 Å². The Morgan fingerprint density at radius 2 is 2.00 bits per heavy atom. The predicted molar refractivity (Wildman–Crippen MR) is 119 cm³/mol. The molecule has 7 nitrogen and oxygen atoms in total. The summed E-state index contributed by atoms with van der Waals surface area (Å²) in [6.45, 7) is 7.87. The van der Waals surface area contributed by atoms with E-state index in [4.69, 9.17) is 0 Å². The Morgan fingerprint density at radius 3 is 2.70 bits per heavy atom. The van der Waals surface area contributed by atoms with Crippen LogP contribution < -0.4 is 5.56 Å². The Morgan fingerprint density at radius 1 is 1.20 bits per heavy atom. The van der Waals surface area contributed by atoms with Gasteiger partial charge in [0.15, 0.2) is 0 Å². The minimum atomic E-state index is -0.914. The number of piperidine rings is 1. The molecule has 0 spiro atoms. The summed E-state index contributed by atoms with van der Waals surface area (Å²) in [5.41, 5.74) is 2.15. The van der Waals surface area contributed by atoms with Crippen molar-refractivity contribution in [2.75, 3.05) is 13.1 Å². The normalized spacial score (nSPS) is 16.8. The van der Waals surface area contributed by atoms with Crippen LogP contribution in [-0.4, -0.2) is 48.3 Å². The SMILES string of the molecule is CCCn1ncc(CN2CCC(O)(Cn3nc(-c4cccs4)ccc3=O)CC2)c1C. The maximum absolute atomic E-state index is 12.3. The van der Waals surface area contributed by atoms with Crippen molar-refractivity contribution >= 4 is 11.3 Å². The number of aliphatic hydroxyl groups is 1. The van der Waals surface area contributed by atoms with E-state index in [1.807, 2.05) is 23.7 Å². The first kappa shape index (κ1) is 21.0. The van der Waals surface area contributed by atoms with Crippen molar-refractivity contribution in [1.29, 1.82) is 0 Å². The largest absolute Gasteiger partial charge is 0.388 e. The first-order chi connectivity index (χ1) is 14.5. The summed E-state index contributed by atoms with van der Waals surface area (Å²) in [5, 5.41) is 22.1. The lowest BCUT2D eigenvalue weighted by atomic mass is 9.91. The summed E-state index contributed by atoms with van der Waals surface area (Å²) in [6, 6.07) is 7.24. The fraction of sp³-hybridized carbons (Fsp3) is 0.500. The van der Waals surface area contributed by atoms with Gasteiger partial charge in [-0.15, -0.1) is 11.3 Å². The molecule has 160 valence electrons. The van der Waals surface area contributed by atoms with Crippen LogP contribution >= 0.6 is 11.3 Å². The van der Waals surface area contributed by atoms with E-state index in [2.05, 4.69) is 33.6 Å². The summed E-state index contributed by atoms with van der Waals surface area (Å²) in [4.78, 5) is 15.7. The molecular weight excluding hydrogens is 398 g/mol. The van der Waals surface area contributed by atoms with Gasteiger partial charge in [0, 0.05) is 43.5 Å². The van der Waals surface area contributed by atoms with Crippen LogP contribution in [0.15, 0.2) is 40.6 Å². The molecule has 1 saturated heterocycles. The van der Waals surface area contributed by atoms with Gasteiger partial charge in [0.2, 0.25) is 0 Å². The summed E-state index contributed by atoms with van der Waals surface area (Å²) >= 11 is 1.59. The average Bonchev–Trinajstić information content (AvgIpc) is 3.38. The standard InChI is InChI=1S/C22H29N5O2S/c1-3-10-26-17(2)18(14-23-26)15-25-11-8-22(29,9-12-25)16-27-21(28)7-6-19(24-27)20-5-4-13-30-20/h4-7,13-14,29H,3,8-12,15-16H2,1-2H3. The molecule has 0 bridgehead atoms. The first-order valence-corrected chi connectivity index (χ1v) is 11.4. The molecule has 0 amide bonds. The van der Waals surface area contributed by atoms with E-state index in [1.54, 1.807) is 17.4 Å². The van der Waals surface area contributed by atoms with E-state index in [9.17, 15) is 9.90 Å². The van der Waals surface area contributed by atoms with Crippen LogP contribution in [0.5, 0.6) is 0 Å². The molecule has 1 aliphatic rings. The molecule has 4 heterocycles. The molecule has 3 aromatic rings. The van der Waals surface area contributed by atoms with Crippen LogP contribution in [0.1, 0.15) is 37.4 Å². The molecule has 0 unspecified atom stereocenters. The van der Waals surface area contributed by atoms with Gasteiger partial charge in [0.05, 0.1) is 23.2 Å². The van der Waals surface area contributed by atoms with E-state index in [0.717, 1.165) is 43.2 Å². The maximum Gasteiger partial charge on any atom is 0.266 e. The van der Waals surface area contributed by atoms with Crippen LogP contribution in [0.3, 0.4) is 0 Å². The summed E-state index contributed by atoms with van der Waals surface area (Å²) < 4.78 is 3.48. The predicted octanol–water partition coefficient (Wildman–Crippen LogP) is 2.91. The monoisotopic (exact) mass is 427 g/mol. The van der Waals surface area contributed by atoms with Crippen molar-refractivity contribution in [3.8, 4) is 10.6 Å². The second kappa shape index (κ2) is 8.83. The van der Waals surface area contributed by atoms with Crippen LogP contribution in [-0.2, 0) is 19.6 Å². The van der Waals surface area contributed by atoms with E-state index in [-0.39, 0.29) is 12.1 Å². The molecule has 1 aliphatic heterocycles. The molecule has 0 radical (unpaired) electrons. The quantitative estimate of drug-likeness (QED) is 0.627. The molecule has 4 rings (SSSR count). The number of aryl methyl sites for hydroxylation is 1. The Bertz CT molecular complexity index is 1030. The zero-order chi connectivity index (χ0) is 21.1. The Kier molecular flexibility index (Phi) is 6.17. The minimum absolute atomic E-state index is 0.176. The van der Waals surface area contributed by atoms with E-state index in [0.29, 0.717) is 12.8 Å². The smallest absolute Gasteiger partial charge is 0.266 e. The van der Waals surface area contributed by atoms with E-state index < -0.39 is 5.60 Å². The zero-order valence-electron chi connectivity index (χ0n) is 17.6. The Labute approximate surface area is 180 Å². The molecule has 8 heteroatoms. The highest BCUT2D eigenvalue weighted by Crippen LogP contribution is 2.26. The summed E-state index contributed by atoms with van der Waals surface area (Å²) in [5.74, 6) is 0. The average molecular weight is 428 g/mol. The number of nitrogens with zero attached hydrogens (tertiary/aromatic N) is 5. The number of hydrogen-bond acceptors (Lipinski definition) is 6. The third kappa shape index (κ3) is 4.55. The molecular formula is C22H29N5O2S. The number of likely N-dealkylation sites (tertiary alicyclic amines) is 1. The minimum Gasteiger partial charge on any atom is -0.388 e. The molecule has 0 aliphatic carbocycles. The number of rotatable bonds is 7. The second-order valence-corrected chi connectivity index (χ2v) is 9.12. The van der Waals surface area contributed by atoms with Crippen molar-refractivity contribution in [3.63, 3.8) is 0 Å². The molecule has 0 atom stereocenters. The lowest BCUT2D eigenvalue weighted by molar-refractivity contribution is -0.0389. The molecule has 1 fully saturated rings. The van der Waals surface area contributed by atoms with Gasteiger partial charge < -0.3 is 5.11 Å². The van der Waals surface area contributed by atoms with Crippen LogP contribution in [0.25, 0.3) is 10.6 Å². The lowest BCUT2D eigenvalue weighted by Crippen LogP contribution is -2.48. The van der Waals surface area contributed by atoms with Crippen molar-refractivity contribution in [3.05, 3.63) is 57.5 Å². The van der Waals surface area contributed by atoms with E-state index >= 15 is 0 Å². The number of thiophene rings is 1. The van der Waals surface area contributed by atoms with Gasteiger partial charge in [0.1, 0.15) is 5.69 Å². The van der Waals surface area contributed by atoms with Crippen LogP contribution in [0.2, 0.25) is 0 Å². The van der Waals surface area contributed by atoms with Crippen molar-refractivity contribution in [2.24, 2.45) is 0 Å². The van der Waals surface area contributed by atoms with Gasteiger partial charge >= 0.3 is 0 Å². The van der Waals surface area contributed by atoms with Gasteiger partial charge in [-0.3, -0.25) is 14.4 Å². The number of hydrogen-bond donors (Lipinski definition) is 1. The molecule has 3 aromatic heterocycles. The third-order valence-electron chi connectivity index (χ3n) is 5.91. The van der Waals surface area contributed by atoms with Gasteiger partial charge in [-0.2, -0.15) is 10.2 Å². The topological polar surface area (TPSA) is 76.2 Å². The van der Waals surface area contributed by atoms with E-state index in [1.165, 1.54) is 22.0 Å². The highest BCUT2D eigenvalue weighted by molar-refractivity contribution is 7.13.